The van der Waals surface area contributed by atoms with Gasteiger partial charge in [0.15, 0.2) is 0 Å². The summed E-state index contributed by atoms with van der Waals surface area (Å²) in [6.45, 7) is 1.10. The van der Waals surface area contributed by atoms with Crippen LogP contribution in [0.2, 0.25) is 0 Å². The standard InChI is InChI=1S/C14H21N3O3/c15-8-10-2-1-3-17(10)14(19)13-9-6-11(16-13)12(7-9)20-5-4-18/h9-13,16,18H,1-7H2/t9-,10?,11+,12+,13-/m0/s1. The molecule has 1 saturated carbocycles. The number of carbonyl (C=O) groups excluding carboxylic acids is 1. The molecule has 1 aliphatic carbocycles. The highest BCUT2D eigenvalue weighted by Gasteiger charge is 2.50. The third-order valence-electron chi connectivity index (χ3n) is 4.78. The van der Waals surface area contributed by atoms with E-state index >= 15 is 0 Å². The molecule has 3 fully saturated rings. The zero-order chi connectivity index (χ0) is 14.1. The van der Waals surface area contributed by atoms with E-state index in [-0.39, 0.29) is 36.7 Å². The summed E-state index contributed by atoms with van der Waals surface area (Å²) in [5.41, 5.74) is 0. The van der Waals surface area contributed by atoms with Gasteiger partial charge in [0.2, 0.25) is 5.91 Å². The topological polar surface area (TPSA) is 85.6 Å². The van der Waals surface area contributed by atoms with Gasteiger partial charge in [0, 0.05) is 12.6 Å². The van der Waals surface area contributed by atoms with Crippen LogP contribution in [0.1, 0.15) is 25.7 Å². The molecular formula is C14H21N3O3. The normalized spacial score (nSPS) is 39.2. The van der Waals surface area contributed by atoms with Crippen molar-refractivity contribution < 1.29 is 14.6 Å². The highest BCUT2D eigenvalue weighted by molar-refractivity contribution is 5.83. The molecule has 6 heteroatoms. The quantitative estimate of drug-likeness (QED) is 0.733. The van der Waals surface area contributed by atoms with Crippen molar-refractivity contribution in [1.29, 1.82) is 5.26 Å². The number of aliphatic hydroxyl groups excluding tert-OH is 1. The predicted octanol–water partition coefficient (Wildman–Crippen LogP) is -0.371. The first kappa shape index (κ1) is 13.8. The van der Waals surface area contributed by atoms with Crippen LogP contribution in [0.5, 0.6) is 0 Å². The molecule has 20 heavy (non-hydrogen) atoms. The summed E-state index contributed by atoms with van der Waals surface area (Å²) in [4.78, 5) is 14.3. The number of rotatable bonds is 4. The third kappa shape index (κ3) is 2.30. The average Bonchev–Trinajstić information content (AvgIpc) is 3.17. The smallest absolute Gasteiger partial charge is 0.241 e. The number of hydrogen-bond acceptors (Lipinski definition) is 5. The lowest BCUT2D eigenvalue weighted by molar-refractivity contribution is -0.135. The van der Waals surface area contributed by atoms with Gasteiger partial charge >= 0.3 is 0 Å². The number of fused-ring (bicyclic) bond motifs is 2. The van der Waals surface area contributed by atoms with Gasteiger partial charge in [-0.25, -0.2) is 0 Å². The Balaban J connectivity index is 1.59. The number of nitrogens with one attached hydrogen (secondary N) is 1. The number of ether oxygens (including phenoxy) is 1. The molecule has 2 N–H and O–H groups in total. The minimum atomic E-state index is -0.245. The molecule has 3 rings (SSSR count). The molecule has 6 nitrogen and oxygen atoms in total. The zero-order valence-corrected chi connectivity index (χ0v) is 11.5. The summed E-state index contributed by atoms with van der Waals surface area (Å²) in [6, 6.07) is 2.04. The molecule has 0 spiro atoms. The van der Waals surface area contributed by atoms with Crippen LogP contribution in [-0.4, -0.2) is 59.9 Å². The van der Waals surface area contributed by atoms with E-state index in [9.17, 15) is 4.79 Å². The molecule has 0 aromatic rings. The Morgan fingerprint density at radius 3 is 3.00 bits per heavy atom. The fraction of sp³-hybridized carbons (Fsp3) is 0.857. The molecule has 0 radical (unpaired) electrons. The Bertz CT molecular complexity index is 422. The van der Waals surface area contributed by atoms with Crippen LogP contribution < -0.4 is 5.32 Å². The maximum absolute atomic E-state index is 12.6. The Morgan fingerprint density at radius 2 is 2.35 bits per heavy atom. The van der Waals surface area contributed by atoms with Crippen LogP contribution in [0, 0.1) is 17.2 Å². The van der Waals surface area contributed by atoms with Gasteiger partial charge in [0.05, 0.1) is 31.4 Å². The first-order valence-electron chi connectivity index (χ1n) is 7.43. The van der Waals surface area contributed by atoms with E-state index < -0.39 is 0 Å². The lowest BCUT2D eigenvalue weighted by atomic mass is 9.97. The molecule has 3 aliphatic rings. The molecule has 2 aliphatic heterocycles. The molecule has 2 saturated heterocycles. The number of nitrogens with zero attached hydrogens (tertiary/aromatic N) is 2. The highest BCUT2D eigenvalue weighted by Crippen LogP contribution is 2.38. The van der Waals surface area contributed by atoms with E-state index in [0.717, 1.165) is 25.7 Å². The van der Waals surface area contributed by atoms with Crippen molar-refractivity contribution in [1.82, 2.24) is 10.2 Å². The molecule has 1 amide bonds. The summed E-state index contributed by atoms with van der Waals surface area (Å²) in [5, 5.41) is 21.3. The van der Waals surface area contributed by atoms with Crippen LogP contribution >= 0.6 is 0 Å². The van der Waals surface area contributed by atoms with Gasteiger partial charge in [-0.1, -0.05) is 0 Å². The van der Waals surface area contributed by atoms with Crippen LogP contribution in [-0.2, 0) is 9.53 Å². The van der Waals surface area contributed by atoms with E-state index in [1.807, 2.05) is 0 Å². The number of hydrogen-bond donors (Lipinski definition) is 2. The van der Waals surface area contributed by atoms with Gasteiger partial charge in [0.25, 0.3) is 0 Å². The molecule has 1 unspecified atom stereocenters. The predicted molar refractivity (Wildman–Crippen MR) is 70.6 cm³/mol. The minimum absolute atomic E-state index is 0.0356. The first-order valence-corrected chi connectivity index (χ1v) is 7.43. The summed E-state index contributed by atoms with van der Waals surface area (Å²) in [7, 11) is 0. The Hall–Kier alpha value is -1.16. The number of nitriles is 1. The zero-order valence-electron chi connectivity index (χ0n) is 11.5. The number of amides is 1. The largest absolute Gasteiger partial charge is 0.394 e. The van der Waals surface area contributed by atoms with Crippen LogP contribution in [0.4, 0.5) is 0 Å². The van der Waals surface area contributed by atoms with Gasteiger partial charge in [-0.3, -0.25) is 4.79 Å². The van der Waals surface area contributed by atoms with Crippen molar-refractivity contribution in [2.45, 2.75) is 49.9 Å². The third-order valence-corrected chi connectivity index (χ3v) is 4.78. The lowest BCUT2D eigenvalue weighted by Crippen LogP contribution is -2.53. The SMILES string of the molecule is N#CC1CCCN1C(=O)[C@H]1N[C@@H]2C[C@H]1C[C@H]2OCCO. The van der Waals surface area contributed by atoms with E-state index in [2.05, 4.69) is 11.4 Å². The van der Waals surface area contributed by atoms with Gasteiger partial charge in [-0.15, -0.1) is 0 Å². The summed E-state index contributed by atoms with van der Waals surface area (Å²) in [5.74, 6) is 0.387. The second-order valence-corrected chi connectivity index (χ2v) is 5.93. The van der Waals surface area contributed by atoms with Gasteiger partial charge in [-0.2, -0.15) is 5.26 Å². The molecule has 0 aromatic heterocycles. The van der Waals surface area contributed by atoms with Crippen LogP contribution in [0.25, 0.3) is 0 Å². The molecule has 2 bridgehead atoms. The number of piperidine rings is 1. The van der Waals surface area contributed by atoms with Crippen LogP contribution in [0.15, 0.2) is 0 Å². The van der Waals surface area contributed by atoms with Crippen molar-refractivity contribution >= 4 is 5.91 Å². The summed E-state index contributed by atoms with van der Waals surface area (Å²) >= 11 is 0. The van der Waals surface area contributed by atoms with E-state index in [1.54, 1.807) is 4.90 Å². The minimum Gasteiger partial charge on any atom is -0.394 e. The molecule has 5 atom stereocenters. The second kappa shape index (κ2) is 5.68. The van der Waals surface area contributed by atoms with Crippen molar-refractivity contribution in [3.63, 3.8) is 0 Å². The second-order valence-electron chi connectivity index (χ2n) is 5.93. The van der Waals surface area contributed by atoms with Crippen LogP contribution in [0.3, 0.4) is 0 Å². The number of carbonyl (C=O) groups is 1. The lowest BCUT2D eigenvalue weighted by Gasteiger charge is -2.32. The number of aliphatic hydroxyl groups is 1. The summed E-state index contributed by atoms with van der Waals surface area (Å²) < 4.78 is 5.59. The Kier molecular flexibility index (Phi) is 3.92. The summed E-state index contributed by atoms with van der Waals surface area (Å²) in [6.07, 6.45) is 3.66. The van der Waals surface area contributed by atoms with Gasteiger partial charge < -0.3 is 20.1 Å². The fourth-order valence-corrected chi connectivity index (χ4v) is 3.86. The average molecular weight is 279 g/mol. The van der Waals surface area contributed by atoms with Gasteiger partial charge in [-0.05, 0) is 31.6 Å². The van der Waals surface area contributed by atoms with E-state index in [1.165, 1.54) is 0 Å². The molecular weight excluding hydrogens is 258 g/mol. The van der Waals surface area contributed by atoms with E-state index in [4.69, 9.17) is 15.1 Å². The van der Waals surface area contributed by atoms with Crippen molar-refractivity contribution in [2.24, 2.45) is 5.92 Å². The maximum atomic E-state index is 12.6. The Morgan fingerprint density at radius 1 is 1.50 bits per heavy atom. The number of likely N-dealkylation sites (tertiary alicyclic amines) is 1. The maximum Gasteiger partial charge on any atom is 0.241 e. The monoisotopic (exact) mass is 279 g/mol. The first-order chi connectivity index (χ1) is 9.74. The van der Waals surface area contributed by atoms with E-state index in [0.29, 0.717) is 19.1 Å². The van der Waals surface area contributed by atoms with Crippen molar-refractivity contribution in [3.05, 3.63) is 0 Å². The van der Waals surface area contributed by atoms with Crippen molar-refractivity contribution in [2.75, 3.05) is 19.8 Å². The van der Waals surface area contributed by atoms with Crippen molar-refractivity contribution in [3.8, 4) is 6.07 Å². The molecule has 0 aromatic carbocycles. The Labute approximate surface area is 118 Å². The molecule has 110 valence electrons. The molecule has 2 heterocycles. The highest BCUT2D eigenvalue weighted by atomic mass is 16.5. The fourth-order valence-electron chi connectivity index (χ4n) is 3.86. The van der Waals surface area contributed by atoms with Gasteiger partial charge in [0.1, 0.15) is 6.04 Å².